The van der Waals surface area contributed by atoms with Crippen LogP contribution in [-0.2, 0) is 11.0 Å². The summed E-state index contributed by atoms with van der Waals surface area (Å²) in [5.41, 5.74) is 0.667. The zero-order valence-corrected chi connectivity index (χ0v) is 15.0. The molecular weight excluding hydrogens is 355 g/mol. The Labute approximate surface area is 156 Å². The molecule has 0 bridgehead atoms. The van der Waals surface area contributed by atoms with Crippen LogP contribution in [0, 0.1) is 0 Å². The summed E-state index contributed by atoms with van der Waals surface area (Å²) in [6, 6.07) is 14.3. The maximum absolute atomic E-state index is 12.9. The molecule has 0 saturated carbocycles. The van der Waals surface area contributed by atoms with Gasteiger partial charge in [0.25, 0.3) is 0 Å². The van der Waals surface area contributed by atoms with Gasteiger partial charge in [-0.25, -0.2) is 0 Å². The first kappa shape index (κ1) is 19.2. The Kier molecular flexibility index (Phi) is 5.70. The van der Waals surface area contributed by atoms with Crippen molar-refractivity contribution in [2.24, 2.45) is 0 Å². The minimum atomic E-state index is -4.35. The van der Waals surface area contributed by atoms with Gasteiger partial charge in [-0.15, -0.1) is 0 Å². The zero-order chi connectivity index (χ0) is 19.4. The van der Waals surface area contributed by atoms with Crippen LogP contribution in [0.4, 0.5) is 24.5 Å². The number of piperazine rings is 1. The summed E-state index contributed by atoms with van der Waals surface area (Å²) in [5, 5.41) is 2.89. The van der Waals surface area contributed by atoms with E-state index in [1.54, 1.807) is 6.07 Å². The van der Waals surface area contributed by atoms with Crippen LogP contribution < -0.4 is 10.2 Å². The van der Waals surface area contributed by atoms with Crippen LogP contribution in [0.3, 0.4) is 0 Å². The van der Waals surface area contributed by atoms with Crippen molar-refractivity contribution in [3.8, 4) is 0 Å². The second-order valence-electron chi connectivity index (χ2n) is 6.60. The van der Waals surface area contributed by atoms with Crippen molar-refractivity contribution in [2.75, 3.05) is 36.4 Å². The van der Waals surface area contributed by atoms with Crippen molar-refractivity contribution >= 4 is 17.3 Å². The Morgan fingerprint density at radius 2 is 1.67 bits per heavy atom. The molecule has 1 saturated heterocycles. The fraction of sp³-hybridized carbons (Fsp3) is 0.350. The first-order valence-corrected chi connectivity index (χ1v) is 8.87. The number of alkyl halides is 3. The van der Waals surface area contributed by atoms with Crippen LogP contribution in [0.25, 0.3) is 0 Å². The quantitative estimate of drug-likeness (QED) is 0.879. The van der Waals surface area contributed by atoms with E-state index < -0.39 is 11.7 Å². The van der Waals surface area contributed by atoms with E-state index in [4.69, 9.17) is 0 Å². The number of hydrogen-bond acceptors (Lipinski definition) is 3. The van der Waals surface area contributed by atoms with Crippen molar-refractivity contribution in [3.05, 3.63) is 60.2 Å². The maximum Gasteiger partial charge on any atom is 0.416 e. The van der Waals surface area contributed by atoms with Crippen LogP contribution in [0.15, 0.2) is 54.6 Å². The molecule has 144 valence electrons. The lowest BCUT2D eigenvalue weighted by atomic mass is 10.1. The lowest BCUT2D eigenvalue weighted by molar-refractivity contribution is -0.137. The average molecular weight is 377 g/mol. The molecule has 1 aliphatic heterocycles. The number of rotatable bonds is 4. The molecule has 1 unspecified atom stereocenters. The summed E-state index contributed by atoms with van der Waals surface area (Å²) < 4.78 is 38.7. The molecule has 0 spiro atoms. The largest absolute Gasteiger partial charge is 0.416 e. The minimum Gasteiger partial charge on any atom is -0.369 e. The van der Waals surface area contributed by atoms with Crippen molar-refractivity contribution in [2.45, 2.75) is 19.1 Å². The van der Waals surface area contributed by atoms with Gasteiger partial charge in [0.1, 0.15) is 0 Å². The van der Waals surface area contributed by atoms with Gasteiger partial charge >= 0.3 is 6.18 Å². The molecule has 1 fully saturated rings. The predicted molar refractivity (Wildman–Crippen MR) is 99.8 cm³/mol. The second-order valence-corrected chi connectivity index (χ2v) is 6.60. The number of para-hydroxylation sites is 1. The van der Waals surface area contributed by atoms with Crippen LogP contribution in [0.1, 0.15) is 12.5 Å². The molecule has 1 amide bonds. The van der Waals surface area contributed by atoms with Gasteiger partial charge in [0.05, 0.1) is 11.6 Å². The van der Waals surface area contributed by atoms with E-state index in [0.29, 0.717) is 31.9 Å². The highest BCUT2D eigenvalue weighted by Gasteiger charge is 2.31. The van der Waals surface area contributed by atoms with Gasteiger partial charge < -0.3 is 10.2 Å². The van der Waals surface area contributed by atoms with Crippen LogP contribution >= 0.6 is 0 Å². The molecule has 0 radical (unpaired) electrons. The molecule has 1 N–H and O–H groups in total. The van der Waals surface area contributed by atoms with E-state index in [-0.39, 0.29) is 11.9 Å². The van der Waals surface area contributed by atoms with Crippen molar-refractivity contribution in [1.29, 1.82) is 0 Å². The molecule has 2 aromatic rings. The highest BCUT2D eigenvalue weighted by molar-refractivity contribution is 5.94. The van der Waals surface area contributed by atoms with Crippen molar-refractivity contribution in [1.82, 2.24) is 4.90 Å². The van der Waals surface area contributed by atoms with E-state index in [1.807, 2.05) is 47.1 Å². The molecule has 0 aliphatic carbocycles. The Balaban J connectivity index is 1.58. The Morgan fingerprint density at radius 3 is 2.30 bits per heavy atom. The fourth-order valence-electron chi connectivity index (χ4n) is 3.18. The number of amides is 1. The third-order valence-electron chi connectivity index (χ3n) is 4.82. The molecule has 27 heavy (non-hydrogen) atoms. The van der Waals surface area contributed by atoms with E-state index in [0.717, 1.165) is 11.8 Å². The summed E-state index contributed by atoms with van der Waals surface area (Å²) in [6.45, 7) is 4.21. The van der Waals surface area contributed by atoms with Crippen molar-refractivity contribution < 1.29 is 18.0 Å². The molecule has 7 heteroatoms. The molecular formula is C20H22F3N3O. The number of nitrogens with zero attached hydrogens (tertiary/aromatic N) is 2. The van der Waals surface area contributed by atoms with Gasteiger partial charge in [0.15, 0.2) is 0 Å². The van der Waals surface area contributed by atoms with E-state index >= 15 is 0 Å². The van der Waals surface area contributed by atoms with Gasteiger partial charge in [0, 0.05) is 37.6 Å². The van der Waals surface area contributed by atoms with Crippen LogP contribution in [0.2, 0.25) is 0 Å². The maximum atomic E-state index is 12.9. The van der Waals surface area contributed by atoms with Crippen LogP contribution in [-0.4, -0.2) is 43.0 Å². The molecule has 1 atom stereocenters. The highest BCUT2D eigenvalue weighted by atomic mass is 19.4. The summed E-state index contributed by atoms with van der Waals surface area (Å²) >= 11 is 0. The molecule has 1 aliphatic rings. The van der Waals surface area contributed by atoms with Crippen molar-refractivity contribution in [3.63, 3.8) is 0 Å². The number of anilines is 2. The number of carbonyl (C=O) groups is 1. The number of carbonyl (C=O) groups excluding carboxylic acids is 1. The third kappa shape index (κ3) is 4.80. The summed E-state index contributed by atoms with van der Waals surface area (Å²) in [6.07, 6.45) is -4.35. The highest BCUT2D eigenvalue weighted by Crippen LogP contribution is 2.32. The lowest BCUT2D eigenvalue weighted by Crippen LogP contribution is -2.52. The van der Waals surface area contributed by atoms with Crippen LogP contribution in [0.5, 0.6) is 0 Å². The molecule has 3 rings (SSSR count). The predicted octanol–water partition coefficient (Wildman–Crippen LogP) is 3.85. The zero-order valence-electron chi connectivity index (χ0n) is 15.0. The molecule has 0 aromatic heterocycles. The smallest absolute Gasteiger partial charge is 0.369 e. The molecule has 2 aromatic carbocycles. The summed E-state index contributed by atoms with van der Waals surface area (Å²) in [5.74, 6) is -0.0891. The Morgan fingerprint density at radius 1 is 1.00 bits per heavy atom. The first-order chi connectivity index (χ1) is 12.8. The Bertz CT molecular complexity index is 772. The van der Waals surface area contributed by atoms with Gasteiger partial charge in [-0.3, -0.25) is 9.69 Å². The van der Waals surface area contributed by atoms with E-state index in [1.165, 1.54) is 12.1 Å². The molecule has 1 heterocycles. The van der Waals surface area contributed by atoms with Gasteiger partial charge in [-0.2, -0.15) is 13.2 Å². The first-order valence-electron chi connectivity index (χ1n) is 8.87. The van der Waals surface area contributed by atoms with Gasteiger partial charge in [-0.05, 0) is 37.3 Å². The van der Waals surface area contributed by atoms with Gasteiger partial charge in [0.2, 0.25) is 5.91 Å². The number of benzene rings is 2. The summed E-state index contributed by atoms with van der Waals surface area (Å²) in [7, 11) is 0. The minimum absolute atomic E-state index is 0.0891. The lowest BCUT2D eigenvalue weighted by Gasteiger charge is -2.38. The third-order valence-corrected chi connectivity index (χ3v) is 4.82. The monoisotopic (exact) mass is 377 g/mol. The topological polar surface area (TPSA) is 35.6 Å². The number of halogens is 3. The number of hydrogen-bond donors (Lipinski definition) is 1. The SMILES string of the molecule is CC(C(=O)Nc1ccccc1)N1CCN(c2cccc(C(F)(F)F)c2)CC1. The normalized spacial score (nSPS) is 16.8. The standard InChI is InChI=1S/C20H22F3N3O/c1-15(19(27)24-17-7-3-2-4-8-17)25-10-12-26(13-11-25)18-9-5-6-16(14-18)20(21,22)23/h2-9,14-15H,10-13H2,1H3,(H,24,27). The molecule has 4 nitrogen and oxygen atoms in total. The van der Waals surface area contributed by atoms with E-state index in [9.17, 15) is 18.0 Å². The Hall–Kier alpha value is -2.54. The van der Waals surface area contributed by atoms with E-state index in [2.05, 4.69) is 5.32 Å². The summed E-state index contributed by atoms with van der Waals surface area (Å²) in [4.78, 5) is 16.4. The second kappa shape index (κ2) is 8.00. The van der Waals surface area contributed by atoms with Gasteiger partial charge in [-0.1, -0.05) is 24.3 Å². The average Bonchev–Trinajstić information content (AvgIpc) is 2.68. The number of nitrogens with one attached hydrogen (secondary N) is 1. The fourth-order valence-corrected chi connectivity index (χ4v) is 3.18.